The van der Waals surface area contributed by atoms with Crippen molar-refractivity contribution in [1.29, 1.82) is 0 Å². The van der Waals surface area contributed by atoms with E-state index in [4.69, 9.17) is 14.6 Å². The van der Waals surface area contributed by atoms with Crippen molar-refractivity contribution in [1.82, 2.24) is 10.3 Å². The summed E-state index contributed by atoms with van der Waals surface area (Å²) in [6.45, 7) is 1.82. The molecule has 2 aromatic rings. The first kappa shape index (κ1) is 18.8. The maximum absolute atomic E-state index is 14.2. The van der Waals surface area contributed by atoms with Gasteiger partial charge in [-0.2, -0.15) is 0 Å². The van der Waals surface area contributed by atoms with Crippen molar-refractivity contribution in [3.05, 3.63) is 54.1 Å². The Kier molecular flexibility index (Phi) is 5.66. The Bertz CT molecular complexity index is 830. The quantitative estimate of drug-likeness (QED) is 0.806. The van der Waals surface area contributed by atoms with Crippen LogP contribution in [0, 0.1) is 11.7 Å². The van der Waals surface area contributed by atoms with Gasteiger partial charge in [-0.25, -0.2) is 9.18 Å². The van der Waals surface area contributed by atoms with E-state index in [9.17, 15) is 14.0 Å². The molecule has 1 aliphatic rings. The summed E-state index contributed by atoms with van der Waals surface area (Å²) >= 11 is 0. The van der Waals surface area contributed by atoms with Crippen LogP contribution in [0.3, 0.4) is 0 Å². The molecule has 2 heterocycles. The van der Waals surface area contributed by atoms with E-state index in [2.05, 4.69) is 10.3 Å². The van der Waals surface area contributed by atoms with Gasteiger partial charge in [-0.05, 0) is 42.2 Å². The lowest BCUT2D eigenvalue weighted by Crippen LogP contribution is -2.35. The molecule has 1 fully saturated rings. The number of benzene rings is 1. The minimum absolute atomic E-state index is 0.0512. The van der Waals surface area contributed by atoms with Gasteiger partial charge in [0.25, 0.3) is 0 Å². The monoisotopic (exact) mass is 374 g/mol. The molecule has 2 N–H and O–H groups in total. The predicted octanol–water partition coefficient (Wildman–Crippen LogP) is 2.51. The van der Waals surface area contributed by atoms with E-state index < -0.39 is 29.9 Å². The predicted molar refractivity (Wildman–Crippen MR) is 92.6 cm³/mol. The number of ether oxygens (including phenoxy) is 2. The molecule has 0 unspecified atom stereocenters. The molecule has 1 aliphatic heterocycles. The van der Waals surface area contributed by atoms with E-state index in [0.717, 1.165) is 0 Å². The minimum Gasteiger partial charge on any atom is -0.479 e. The fourth-order valence-electron chi connectivity index (χ4n) is 2.87. The van der Waals surface area contributed by atoms with E-state index in [0.29, 0.717) is 17.7 Å². The molecule has 1 aromatic carbocycles. The van der Waals surface area contributed by atoms with Gasteiger partial charge in [0.15, 0.2) is 17.7 Å². The summed E-state index contributed by atoms with van der Waals surface area (Å²) in [6.07, 6.45) is 1.58. The Morgan fingerprint density at radius 1 is 1.41 bits per heavy atom. The summed E-state index contributed by atoms with van der Waals surface area (Å²) in [4.78, 5) is 27.1. The molecule has 1 saturated heterocycles. The third-order valence-electron chi connectivity index (χ3n) is 4.27. The molecule has 0 aliphatic carbocycles. The van der Waals surface area contributed by atoms with E-state index in [1.807, 2.05) is 0 Å². The van der Waals surface area contributed by atoms with Crippen LogP contribution in [0.5, 0.6) is 11.5 Å². The zero-order chi connectivity index (χ0) is 19.4. The normalized spacial score (nSPS) is 21.6. The molecule has 0 saturated carbocycles. The summed E-state index contributed by atoms with van der Waals surface area (Å²) in [5, 5.41) is 11.7. The molecule has 8 heteroatoms. The number of halogens is 1. The molecule has 27 heavy (non-hydrogen) atoms. The highest BCUT2D eigenvalue weighted by molar-refractivity contribution is 5.82. The molecule has 0 bridgehead atoms. The van der Waals surface area contributed by atoms with E-state index in [-0.39, 0.29) is 18.2 Å². The SMILES string of the molecule is C[C@@H]1C[C@H](C(=O)NCc2ccc(Oc3cccnc3)c(F)c2)O[C@H]1C(=O)O. The highest BCUT2D eigenvalue weighted by Gasteiger charge is 2.40. The van der Waals surface area contributed by atoms with Crippen LogP contribution in [0.1, 0.15) is 18.9 Å². The lowest BCUT2D eigenvalue weighted by atomic mass is 10.0. The van der Waals surface area contributed by atoms with Crippen molar-refractivity contribution in [3.8, 4) is 11.5 Å². The zero-order valence-corrected chi connectivity index (χ0v) is 14.6. The van der Waals surface area contributed by atoms with Gasteiger partial charge in [-0.15, -0.1) is 0 Å². The Balaban J connectivity index is 1.56. The first-order valence-electron chi connectivity index (χ1n) is 8.46. The van der Waals surface area contributed by atoms with Crippen LogP contribution >= 0.6 is 0 Å². The van der Waals surface area contributed by atoms with Crippen LogP contribution in [0.4, 0.5) is 4.39 Å². The average Bonchev–Trinajstić information content (AvgIpc) is 3.05. The Morgan fingerprint density at radius 2 is 2.22 bits per heavy atom. The van der Waals surface area contributed by atoms with Gasteiger partial charge in [0, 0.05) is 12.7 Å². The molecule has 1 aromatic heterocycles. The average molecular weight is 374 g/mol. The number of aromatic nitrogens is 1. The van der Waals surface area contributed by atoms with E-state index >= 15 is 0 Å². The topological polar surface area (TPSA) is 97.8 Å². The molecule has 1 amide bonds. The molecule has 142 valence electrons. The first-order chi connectivity index (χ1) is 12.9. The number of carboxylic acid groups (broad SMARTS) is 1. The fourth-order valence-corrected chi connectivity index (χ4v) is 2.87. The second kappa shape index (κ2) is 8.13. The van der Waals surface area contributed by atoms with Gasteiger partial charge in [-0.3, -0.25) is 9.78 Å². The summed E-state index contributed by atoms with van der Waals surface area (Å²) in [6, 6.07) is 7.71. The highest BCUT2D eigenvalue weighted by atomic mass is 19.1. The molecule has 3 rings (SSSR count). The maximum atomic E-state index is 14.2. The van der Waals surface area contributed by atoms with E-state index in [1.54, 1.807) is 31.3 Å². The molecular formula is C19H19FN2O5. The number of carbonyl (C=O) groups excluding carboxylic acids is 1. The molecule has 3 atom stereocenters. The Hall–Kier alpha value is -3.00. The fraction of sp³-hybridized carbons (Fsp3) is 0.316. The van der Waals surface area contributed by atoms with E-state index in [1.165, 1.54) is 18.3 Å². The van der Waals surface area contributed by atoms with Crippen molar-refractivity contribution in [2.75, 3.05) is 0 Å². The van der Waals surface area contributed by atoms with Gasteiger partial charge in [-0.1, -0.05) is 13.0 Å². The van der Waals surface area contributed by atoms with Crippen LogP contribution < -0.4 is 10.1 Å². The Morgan fingerprint density at radius 3 is 2.85 bits per heavy atom. The van der Waals surface area contributed by atoms with Gasteiger partial charge >= 0.3 is 5.97 Å². The van der Waals surface area contributed by atoms with Crippen LogP contribution in [0.15, 0.2) is 42.7 Å². The molecule has 7 nitrogen and oxygen atoms in total. The third kappa shape index (κ3) is 4.59. The zero-order valence-electron chi connectivity index (χ0n) is 14.6. The van der Waals surface area contributed by atoms with Crippen molar-refractivity contribution in [2.24, 2.45) is 5.92 Å². The number of carboxylic acids is 1. The van der Waals surface area contributed by atoms with Gasteiger partial charge in [0.2, 0.25) is 5.91 Å². The van der Waals surface area contributed by atoms with Gasteiger partial charge in [0.1, 0.15) is 11.9 Å². The van der Waals surface area contributed by atoms with Crippen LogP contribution in [0.25, 0.3) is 0 Å². The van der Waals surface area contributed by atoms with Crippen molar-refractivity contribution in [2.45, 2.75) is 32.1 Å². The van der Waals surface area contributed by atoms with Crippen LogP contribution in [-0.2, 0) is 20.9 Å². The minimum atomic E-state index is -1.08. The standard InChI is InChI=1S/C19H19FN2O5/c1-11-7-16(27-17(11)19(24)25)18(23)22-9-12-4-5-15(14(20)8-12)26-13-3-2-6-21-10-13/h2-6,8,10-11,16-17H,7,9H2,1H3,(H,22,23)(H,24,25)/t11-,16-,17-/m1/s1. The molecular weight excluding hydrogens is 355 g/mol. The molecule has 0 radical (unpaired) electrons. The van der Waals surface area contributed by atoms with Crippen LogP contribution in [-0.4, -0.2) is 34.2 Å². The number of rotatable bonds is 6. The van der Waals surface area contributed by atoms with Gasteiger partial charge < -0.3 is 19.9 Å². The second-order valence-electron chi connectivity index (χ2n) is 6.37. The Labute approximate surface area is 155 Å². The number of carbonyl (C=O) groups is 2. The lowest BCUT2D eigenvalue weighted by Gasteiger charge is -2.12. The number of aliphatic carboxylic acids is 1. The third-order valence-corrected chi connectivity index (χ3v) is 4.27. The maximum Gasteiger partial charge on any atom is 0.333 e. The number of hydrogen-bond donors (Lipinski definition) is 2. The summed E-state index contributed by atoms with van der Waals surface area (Å²) < 4.78 is 24.9. The van der Waals surface area contributed by atoms with Crippen molar-refractivity contribution >= 4 is 11.9 Å². The summed E-state index contributed by atoms with van der Waals surface area (Å²) in [7, 11) is 0. The lowest BCUT2D eigenvalue weighted by molar-refractivity contribution is -0.153. The largest absolute Gasteiger partial charge is 0.479 e. The van der Waals surface area contributed by atoms with Gasteiger partial charge in [0.05, 0.1) is 6.20 Å². The summed E-state index contributed by atoms with van der Waals surface area (Å²) in [5.74, 6) is -1.85. The number of amides is 1. The molecule has 0 spiro atoms. The second-order valence-corrected chi connectivity index (χ2v) is 6.37. The number of nitrogens with one attached hydrogen (secondary N) is 1. The highest BCUT2D eigenvalue weighted by Crippen LogP contribution is 2.27. The number of hydrogen-bond acceptors (Lipinski definition) is 5. The number of nitrogens with zero attached hydrogens (tertiary/aromatic N) is 1. The first-order valence-corrected chi connectivity index (χ1v) is 8.46. The van der Waals surface area contributed by atoms with Crippen LogP contribution in [0.2, 0.25) is 0 Å². The smallest absolute Gasteiger partial charge is 0.333 e. The van der Waals surface area contributed by atoms with Crippen molar-refractivity contribution < 1.29 is 28.6 Å². The summed E-state index contributed by atoms with van der Waals surface area (Å²) in [5.41, 5.74) is 0.542. The number of pyridine rings is 1. The van der Waals surface area contributed by atoms with Crippen molar-refractivity contribution in [3.63, 3.8) is 0 Å².